The standard InChI is InChI=1S/C22H32N2O4S/c1-3-4-14-23-20(25)15-28-22(27)18-12-8-9-13-19(18)29-16-21(26)24(2)17-10-6-5-7-11-17/h8-9,12-13,17H,3-7,10-11,14-16H2,1-2H3,(H,23,25). The van der Waals surface area contributed by atoms with Crippen LogP contribution in [0.4, 0.5) is 0 Å². The Morgan fingerprint density at radius 1 is 1.17 bits per heavy atom. The Morgan fingerprint density at radius 2 is 1.90 bits per heavy atom. The van der Waals surface area contributed by atoms with Gasteiger partial charge in [0.15, 0.2) is 6.61 Å². The minimum absolute atomic E-state index is 0.0698. The quantitative estimate of drug-likeness (QED) is 0.355. The van der Waals surface area contributed by atoms with Crippen LogP contribution in [0.2, 0.25) is 0 Å². The molecule has 2 amide bonds. The Labute approximate surface area is 177 Å². The summed E-state index contributed by atoms with van der Waals surface area (Å²) in [5.74, 6) is -0.511. The second-order valence-corrected chi connectivity index (χ2v) is 8.38. The molecule has 0 spiro atoms. The van der Waals surface area contributed by atoms with Gasteiger partial charge in [-0.2, -0.15) is 0 Å². The number of carbonyl (C=O) groups excluding carboxylic acids is 3. The first-order chi connectivity index (χ1) is 14.0. The first-order valence-electron chi connectivity index (χ1n) is 10.4. The summed E-state index contributed by atoms with van der Waals surface area (Å²) in [5.41, 5.74) is 0.381. The van der Waals surface area contributed by atoms with E-state index in [1.807, 2.05) is 24.9 Å². The van der Waals surface area contributed by atoms with Crippen molar-refractivity contribution in [3.63, 3.8) is 0 Å². The summed E-state index contributed by atoms with van der Waals surface area (Å²) in [6, 6.07) is 7.36. The number of nitrogens with zero attached hydrogens (tertiary/aromatic N) is 1. The summed E-state index contributed by atoms with van der Waals surface area (Å²) in [7, 11) is 1.87. The minimum atomic E-state index is -0.549. The van der Waals surface area contributed by atoms with E-state index in [1.165, 1.54) is 31.0 Å². The predicted molar refractivity (Wildman–Crippen MR) is 115 cm³/mol. The molecule has 2 rings (SSSR count). The second kappa shape index (κ2) is 12.5. The number of thioether (sulfide) groups is 1. The average molecular weight is 421 g/mol. The molecule has 1 N–H and O–H groups in total. The van der Waals surface area contributed by atoms with Crippen molar-refractivity contribution in [1.82, 2.24) is 10.2 Å². The zero-order valence-corrected chi connectivity index (χ0v) is 18.3. The largest absolute Gasteiger partial charge is 0.452 e. The van der Waals surface area contributed by atoms with Gasteiger partial charge < -0.3 is 15.0 Å². The van der Waals surface area contributed by atoms with Gasteiger partial charge in [0.25, 0.3) is 5.91 Å². The van der Waals surface area contributed by atoms with Crippen LogP contribution in [-0.2, 0) is 14.3 Å². The molecule has 0 bridgehead atoms. The third kappa shape index (κ3) is 7.72. The number of hydrogen-bond acceptors (Lipinski definition) is 5. The molecule has 0 aromatic heterocycles. The summed E-state index contributed by atoms with van der Waals surface area (Å²) in [6.07, 6.45) is 7.61. The molecule has 29 heavy (non-hydrogen) atoms. The molecule has 0 unspecified atom stereocenters. The number of rotatable bonds is 10. The van der Waals surface area contributed by atoms with Crippen molar-refractivity contribution < 1.29 is 19.1 Å². The fourth-order valence-corrected chi connectivity index (χ4v) is 4.30. The zero-order chi connectivity index (χ0) is 21.1. The summed E-state index contributed by atoms with van der Waals surface area (Å²) in [6.45, 7) is 2.32. The van der Waals surface area contributed by atoms with Crippen LogP contribution in [0.5, 0.6) is 0 Å². The maximum atomic E-state index is 12.6. The number of unbranched alkanes of at least 4 members (excludes halogenated alkanes) is 1. The SMILES string of the molecule is CCCCNC(=O)COC(=O)c1ccccc1SCC(=O)N(C)C1CCCCC1. The van der Waals surface area contributed by atoms with E-state index in [1.54, 1.807) is 18.2 Å². The minimum Gasteiger partial charge on any atom is -0.452 e. The van der Waals surface area contributed by atoms with Crippen molar-refractivity contribution >= 4 is 29.5 Å². The first kappa shape index (κ1) is 23.3. The van der Waals surface area contributed by atoms with Crippen molar-refractivity contribution in [1.29, 1.82) is 0 Å². The van der Waals surface area contributed by atoms with Gasteiger partial charge in [0.1, 0.15) is 0 Å². The van der Waals surface area contributed by atoms with Gasteiger partial charge in [-0.1, -0.05) is 44.7 Å². The van der Waals surface area contributed by atoms with Crippen molar-refractivity contribution in [2.24, 2.45) is 0 Å². The number of hydrogen-bond donors (Lipinski definition) is 1. The van der Waals surface area contributed by atoms with E-state index in [-0.39, 0.29) is 24.2 Å². The van der Waals surface area contributed by atoms with E-state index in [4.69, 9.17) is 4.74 Å². The smallest absolute Gasteiger partial charge is 0.339 e. The highest BCUT2D eigenvalue weighted by Gasteiger charge is 2.22. The number of nitrogens with one attached hydrogen (secondary N) is 1. The van der Waals surface area contributed by atoms with Crippen LogP contribution in [0.1, 0.15) is 62.2 Å². The third-order valence-electron chi connectivity index (χ3n) is 5.16. The molecule has 0 saturated heterocycles. The van der Waals surface area contributed by atoms with E-state index in [2.05, 4.69) is 5.32 Å². The van der Waals surface area contributed by atoms with E-state index in [9.17, 15) is 14.4 Å². The van der Waals surface area contributed by atoms with E-state index < -0.39 is 5.97 Å². The molecule has 1 aliphatic carbocycles. The van der Waals surface area contributed by atoms with Crippen LogP contribution < -0.4 is 5.32 Å². The molecule has 0 heterocycles. The van der Waals surface area contributed by atoms with Gasteiger partial charge >= 0.3 is 5.97 Å². The van der Waals surface area contributed by atoms with Gasteiger partial charge in [-0.3, -0.25) is 9.59 Å². The van der Waals surface area contributed by atoms with Crippen LogP contribution in [0.25, 0.3) is 0 Å². The first-order valence-corrected chi connectivity index (χ1v) is 11.4. The van der Waals surface area contributed by atoms with E-state index in [0.29, 0.717) is 23.0 Å². The lowest BCUT2D eigenvalue weighted by molar-refractivity contribution is -0.129. The van der Waals surface area contributed by atoms with Crippen molar-refractivity contribution in [3.8, 4) is 0 Å². The fraction of sp³-hybridized carbons (Fsp3) is 0.591. The number of amides is 2. The highest BCUT2D eigenvalue weighted by Crippen LogP contribution is 2.26. The average Bonchev–Trinajstić information content (AvgIpc) is 2.76. The van der Waals surface area contributed by atoms with Crippen LogP contribution in [0, 0.1) is 0 Å². The highest BCUT2D eigenvalue weighted by molar-refractivity contribution is 8.00. The van der Waals surface area contributed by atoms with Crippen LogP contribution >= 0.6 is 11.8 Å². The lowest BCUT2D eigenvalue weighted by atomic mass is 9.94. The third-order valence-corrected chi connectivity index (χ3v) is 6.22. The van der Waals surface area contributed by atoms with E-state index in [0.717, 1.165) is 25.7 Å². The number of benzene rings is 1. The summed E-state index contributed by atoms with van der Waals surface area (Å²) in [5, 5.41) is 2.72. The van der Waals surface area contributed by atoms with Crippen molar-refractivity contribution in [2.75, 3.05) is 26.0 Å². The van der Waals surface area contributed by atoms with Gasteiger partial charge in [0.05, 0.1) is 11.3 Å². The van der Waals surface area contributed by atoms with Gasteiger partial charge in [-0.15, -0.1) is 11.8 Å². The zero-order valence-electron chi connectivity index (χ0n) is 17.4. The van der Waals surface area contributed by atoms with E-state index >= 15 is 0 Å². The molecule has 1 saturated carbocycles. The molecule has 1 aromatic carbocycles. The number of carbonyl (C=O) groups is 3. The fourth-order valence-electron chi connectivity index (χ4n) is 3.34. The number of esters is 1. The van der Waals surface area contributed by atoms with Gasteiger partial charge in [-0.25, -0.2) is 4.79 Å². The maximum absolute atomic E-state index is 12.6. The lowest BCUT2D eigenvalue weighted by Gasteiger charge is -2.31. The monoisotopic (exact) mass is 420 g/mol. The van der Waals surface area contributed by atoms with Crippen LogP contribution in [0.3, 0.4) is 0 Å². The Hall–Kier alpha value is -2.02. The molecule has 1 aliphatic rings. The predicted octanol–water partition coefficient (Wildman–Crippen LogP) is 3.64. The Morgan fingerprint density at radius 3 is 2.62 bits per heavy atom. The molecular formula is C22H32N2O4S. The molecule has 1 fully saturated rings. The summed E-state index contributed by atoms with van der Waals surface area (Å²) >= 11 is 1.33. The van der Waals surface area contributed by atoms with Gasteiger partial charge in [0.2, 0.25) is 5.91 Å². The topological polar surface area (TPSA) is 75.7 Å². The Bertz CT molecular complexity index is 689. The maximum Gasteiger partial charge on any atom is 0.339 e. The molecule has 7 heteroatoms. The summed E-state index contributed by atoms with van der Waals surface area (Å²) < 4.78 is 5.15. The summed E-state index contributed by atoms with van der Waals surface area (Å²) in [4.78, 5) is 39.3. The highest BCUT2D eigenvalue weighted by atomic mass is 32.2. The van der Waals surface area contributed by atoms with Crippen molar-refractivity contribution in [3.05, 3.63) is 29.8 Å². The molecule has 1 aromatic rings. The molecule has 0 aliphatic heterocycles. The number of ether oxygens (including phenoxy) is 1. The second-order valence-electron chi connectivity index (χ2n) is 7.36. The molecular weight excluding hydrogens is 388 g/mol. The van der Waals surface area contributed by atoms with Crippen LogP contribution in [0.15, 0.2) is 29.2 Å². The Kier molecular flexibility index (Phi) is 10.0. The van der Waals surface area contributed by atoms with Gasteiger partial charge in [0, 0.05) is 24.5 Å². The lowest BCUT2D eigenvalue weighted by Crippen LogP contribution is -2.39. The molecule has 0 radical (unpaired) electrons. The van der Waals surface area contributed by atoms with Crippen molar-refractivity contribution in [2.45, 2.75) is 62.8 Å². The van der Waals surface area contributed by atoms with Crippen LogP contribution in [-0.4, -0.2) is 54.7 Å². The molecule has 0 atom stereocenters. The normalized spacial score (nSPS) is 14.3. The Balaban J connectivity index is 1.86. The molecule has 6 nitrogen and oxygen atoms in total. The molecule has 160 valence electrons. The van der Waals surface area contributed by atoms with Gasteiger partial charge in [-0.05, 0) is 31.4 Å².